The third-order valence-corrected chi connectivity index (χ3v) is 2.83. The molecule has 1 aliphatic carbocycles. The van der Waals surface area contributed by atoms with Gasteiger partial charge in [0.05, 0.1) is 11.1 Å². The normalized spacial score (nSPS) is 19.3. The molecule has 0 saturated heterocycles. The van der Waals surface area contributed by atoms with Crippen molar-refractivity contribution in [2.45, 2.75) is 5.38 Å². The molecule has 0 saturated carbocycles. The number of allylic oxidation sites excluding steroid dienone is 3. The van der Waals surface area contributed by atoms with Gasteiger partial charge in [-0.15, -0.1) is 17.3 Å². The standard InChI is InChI=1S/C13H9Cl2NO/c14-11-5-1-9(2-6-11)13(16-17)10-3-7-12(15)8-4-10/h1-3,5-8,12,17H/p-1. The Kier molecular flexibility index (Phi) is 3.70. The van der Waals surface area contributed by atoms with Crippen molar-refractivity contribution in [1.82, 2.24) is 0 Å². The van der Waals surface area contributed by atoms with E-state index in [0.717, 1.165) is 0 Å². The number of benzene rings is 1. The fourth-order valence-corrected chi connectivity index (χ4v) is 1.74. The minimum absolute atomic E-state index is 0.183. The van der Waals surface area contributed by atoms with Gasteiger partial charge in [0.25, 0.3) is 0 Å². The lowest BCUT2D eigenvalue weighted by atomic mass is 10.0. The molecule has 0 radical (unpaired) electrons. The van der Waals surface area contributed by atoms with Crippen molar-refractivity contribution in [2.24, 2.45) is 5.16 Å². The molecule has 1 aromatic carbocycles. The third-order valence-electron chi connectivity index (χ3n) is 2.31. The van der Waals surface area contributed by atoms with Crippen molar-refractivity contribution >= 4 is 28.9 Å². The number of halogens is 2. The number of rotatable bonds is 2. The van der Waals surface area contributed by atoms with Crippen LogP contribution in [0.25, 0.3) is 0 Å². The average molecular weight is 265 g/mol. The number of hydrogen-bond donors (Lipinski definition) is 0. The highest BCUT2D eigenvalue weighted by Crippen LogP contribution is 2.17. The summed E-state index contributed by atoms with van der Waals surface area (Å²) in [6, 6.07) is 6.91. The first-order valence-corrected chi connectivity index (χ1v) is 5.78. The van der Waals surface area contributed by atoms with Crippen LogP contribution in [0.2, 0.25) is 5.02 Å². The molecular weight excluding hydrogens is 257 g/mol. The highest BCUT2D eigenvalue weighted by atomic mass is 35.5. The maximum absolute atomic E-state index is 10.9. The second-order valence-electron chi connectivity index (χ2n) is 3.48. The Balaban J connectivity index is 2.40. The van der Waals surface area contributed by atoms with Gasteiger partial charge in [-0.1, -0.05) is 29.8 Å². The molecule has 0 N–H and O–H groups in total. The maximum Gasteiger partial charge on any atom is 0.0774 e. The van der Waals surface area contributed by atoms with E-state index in [1.807, 2.05) is 0 Å². The van der Waals surface area contributed by atoms with Crippen LogP contribution >= 0.6 is 23.2 Å². The van der Waals surface area contributed by atoms with Crippen LogP contribution in [-0.4, -0.2) is 11.1 Å². The molecule has 0 heterocycles. The van der Waals surface area contributed by atoms with E-state index in [1.165, 1.54) is 0 Å². The summed E-state index contributed by atoms with van der Waals surface area (Å²) in [5.74, 6) is 0. The van der Waals surface area contributed by atoms with E-state index in [9.17, 15) is 5.21 Å². The van der Waals surface area contributed by atoms with Gasteiger partial charge >= 0.3 is 0 Å². The molecular formula is C13H8Cl2NO-. The Morgan fingerprint density at radius 3 is 2.53 bits per heavy atom. The first kappa shape index (κ1) is 12.0. The second-order valence-corrected chi connectivity index (χ2v) is 4.42. The number of nitrogens with zero attached hydrogens (tertiary/aromatic N) is 1. The summed E-state index contributed by atoms with van der Waals surface area (Å²) in [5, 5.41) is 14.4. The lowest BCUT2D eigenvalue weighted by Crippen LogP contribution is -2.05. The first-order chi connectivity index (χ1) is 8.20. The Bertz CT molecular complexity index is 537. The van der Waals surface area contributed by atoms with Crippen LogP contribution in [0.15, 0.2) is 59.0 Å². The molecule has 1 unspecified atom stereocenters. The maximum atomic E-state index is 10.9. The summed E-state index contributed by atoms with van der Waals surface area (Å²) in [6.45, 7) is 0. The zero-order valence-electron chi connectivity index (χ0n) is 8.73. The lowest BCUT2D eigenvalue weighted by molar-refractivity contribution is 1.36. The minimum atomic E-state index is -0.183. The highest BCUT2D eigenvalue weighted by Gasteiger charge is 2.08. The van der Waals surface area contributed by atoms with E-state index in [0.29, 0.717) is 21.9 Å². The first-order valence-electron chi connectivity index (χ1n) is 4.96. The van der Waals surface area contributed by atoms with Gasteiger partial charge in [0, 0.05) is 16.2 Å². The van der Waals surface area contributed by atoms with Crippen molar-refractivity contribution in [2.75, 3.05) is 0 Å². The third kappa shape index (κ3) is 2.80. The monoisotopic (exact) mass is 264 g/mol. The molecule has 0 bridgehead atoms. The predicted octanol–water partition coefficient (Wildman–Crippen LogP) is 3.89. The van der Waals surface area contributed by atoms with E-state index in [4.69, 9.17) is 23.2 Å². The van der Waals surface area contributed by atoms with Gasteiger partial charge in [-0.3, -0.25) is 0 Å². The number of alkyl halides is 1. The summed E-state index contributed by atoms with van der Waals surface area (Å²) >= 11 is 11.6. The smallest absolute Gasteiger partial charge is 0.0774 e. The molecule has 0 aliphatic heterocycles. The molecule has 0 spiro atoms. The Morgan fingerprint density at radius 1 is 1.29 bits per heavy atom. The van der Waals surface area contributed by atoms with Crippen molar-refractivity contribution in [3.63, 3.8) is 0 Å². The van der Waals surface area contributed by atoms with Gasteiger partial charge in [0.2, 0.25) is 0 Å². The van der Waals surface area contributed by atoms with Gasteiger partial charge in [0.15, 0.2) is 0 Å². The summed E-state index contributed by atoms with van der Waals surface area (Å²) in [4.78, 5) is 0. The van der Waals surface area contributed by atoms with E-state index in [1.54, 1.807) is 42.5 Å². The molecule has 1 aromatic rings. The quantitative estimate of drug-likeness (QED) is 0.346. The summed E-state index contributed by atoms with van der Waals surface area (Å²) in [7, 11) is 0. The van der Waals surface area contributed by atoms with Gasteiger partial charge in [0.1, 0.15) is 0 Å². The van der Waals surface area contributed by atoms with Gasteiger partial charge in [-0.05, 0) is 24.3 Å². The zero-order chi connectivity index (χ0) is 12.3. The van der Waals surface area contributed by atoms with E-state index < -0.39 is 0 Å². The van der Waals surface area contributed by atoms with E-state index >= 15 is 0 Å². The number of hydrogen-bond acceptors (Lipinski definition) is 2. The fourth-order valence-electron chi connectivity index (χ4n) is 1.47. The Hall–Kier alpha value is -1.47. The fraction of sp³-hybridized carbons (Fsp3) is 0.0769. The molecule has 17 heavy (non-hydrogen) atoms. The zero-order valence-corrected chi connectivity index (χ0v) is 10.2. The Morgan fingerprint density at radius 2 is 2.00 bits per heavy atom. The SMILES string of the molecule is [O-]N=C(C1=C=CC(Cl)C=C1)c1ccc(Cl)cc1. The van der Waals surface area contributed by atoms with Gasteiger partial charge in [-0.2, -0.15) is 0 Å². The van der Waals surface area contributed by atoms with Crippen LogP contribution in [-0.2, 0) is 0 Å². The van der Waals surface area contributed by atoms with Gasteiger partial charge < -0.3 is 10.4 Å². The average Bonchev–Trinajstić information content (AvgIpc) is 2.35. The van der Waals surface area contributed by atoms with E-state index in [2.05, 4.69) is 10.9 Å². The van der Waals surface area contributed by atoms with Crippen molar-refractivity contribution < 1.29 is 0 Å². The molecule has 1 aliphatic rings. The van der Waals surface area contributed by atoms with Crippen molar-refractivity contribution in [1.29, 1.82) is 0 Å². The van der Waals surface area contributed by atoms with Crippen LogP contribution in [0.3, 0.4) is 0 Å². The summed E-state index contributed by atoms with van der Waals surface area (Å²) < 4.78 is 0. The minimum Gasteiger partial charge on any atom is -0.791 e. The van der Waals surface area contributed by atoms with E-state index in [-0.39, 0.29) is 5.38 Å². The molecule has 2 rings (SSSR count). The van der Waals surface area contributed by atoms with Crippen LogP contribution in [0.1, 0.15) is 5.56 Å². The molecule has 86 valence electrons. The molecule has 0 fully saturated rings. The topological polar surface area (TPSA) is 35.4 Å². The molecule has 4 heteroatoms. The van der Waals surface area contributed by atoms with Crippen LogP contribution < -0.4 is 0 Å². The summed E-state index contributed by atoms with van der Waals surface area (Å²) in [6.07, 6.45) is 5.19. The van der Waals surface area contributed by atoms with Gasteiger partial charge in [-0.25, -0.2) is 0 Å². The van der Waals surface area contributed by atoms with Crippen molar-refractivity contribution in [3.8, 4) is 0 Å². The second kappa shape index (κ2) is 5.24. The van der Waals surface area contributed by atoms with Crippen LogP contribution in [0, 0.1) is 5.21 Å². The Labute approximate surface area is 109 Å². The largest absolute Gasteiger partial charge is 0.791 e. The van der Waals surface area contributed by atoms with Crippen molar-refractivity contribution in [3.05, 3.63) is 69.6 Å². The lowest BCUT2D eigenvalue weighted by Gasteiger charge is -2.11. The molecule has 0 amide bonds. The molecule has 0 aromatic heterocycles. The molecule has 2 nitrogen and oxygen atoms in total. The predicted molar refractivity (Wildman–Crippen MR) is 71.7 cm³/mol. The molecule has 1 atom stereocenters. The van der Waals surface area contributed by atoms with Crippen LogP contribution in [0.4, 0.5) is 0 Å². The summed E-state index contributed by atoms with van der Waals surface area (Å²) in [5.41, 5.74) is 4.60. The van der Waals surface area contributed by atoms with Crippen LogP contribution in [0.5, 0.6) is 0 Å². The highest BCUT2D eigenvalue weighted by molar-refractivity contribution is 6.30.